The zero-order valence-corrected chi connectivity index (χ0v) is 35.9. The number of sulfonamides is 1. The van der Waals surface area contributed by atoms with Crippen LogP contribution in [0.1, 0.15) is 72.6 Å². The van der Waals surface area contributed by atoms with Crippen LogP contribution >= 0.6 is 0 Å². The number of ether oxygens (including phenoxy) is 3. The standard InChI is InChI=1S/C40H53F4N7O9S/c1-22-10-8-9-11-24-19-39(24,34(54)49-61(56,57)38(21-41)14-15-38)48-31(52)29-18-26(59-32-27-13-12-25(58-7)17-28(27)45-35(47-32)50(5)6)20-51(29)33(53)30(23(2)16-22)46-36(55)60-37(3,4)40(42,43)44/h9,11-13,17,22-24,26,29-30H,8,10,14-16,18-21H2,1-7H3,(H,46,55)(H,48,52)(H,49,54)/t22-,23-,24-,26-,29+,30+,39-/m1/s1. The smallest absolute Gasteiger partial charge is 0.427 e. The van der Waals surface area contributed by atoms with Crippen LogP contribution in [0.2, 0.25) is 0 Å². The number of nitrogens with one attached hydrogen (secondary N) is 3. The third kappa shape index (κ3) is 9.30. The Hall–Kier alpha value is -4.95. The van der Waals surface area contributed by atoms with Crippen molar-refractivity contribution < 1.29 is 59.4 Å². The van der Waals surface area contributed by atoms with Crippen molar-refractivity contribution in [1.29, 1.82) is 0 Å². The normalized spacial score (nSPS) is 28.0. The number of methoxy groups -OCH3 is 1. The number of anilines is 1. The number of benzene rings is 1. The first-order chi connectivity index (χ1) is 28.5. The van der Waals surface area contributed by atoms with E-state index in [-0.39, 0.29) is 50.0 Å². The zero-order chi connectivity index (χ0) is 44.9. The van der Waals surface area contributed by atoms with Gasteiger partial charge in [-0.25, -0.2) is 22.6 Å². The number of hydrogen-bond acceptors (Lipinski definition) is 12. The first-order valence-corrected chi connectivity index (χ1v) is 21.6. The fourth-order valence-electron chi connectivity index (χ4n) is 7.84. The van der Waals surface area contributed by atoms with Crippen molar-refractivity contribution in [3.05, 3.63) is 30.4 Å². The van der Waals surface area contributed by atoms with Crippen LogP contribution in [0.25, 0.3) is 10.9 Å². The molecule has 0 unspecified atom stereocenters. The Morgan fingerprint density at radius 3 is 2.43 bits per heavy atom. The first kappa shape index (κ1) is 45.6. The molecule has 1 aromatic heterocycles. The average Bonchev–Trinajstić information content (AvgIpc) is 4.08. The molecule has 336 valence electrons. The lowest BCUT2D eigenvalue weighted by molar-refractivity contribution is -0.244. The van der Waals surface area contributed by atoms with Crippen molar-refractivity contribution in [2.24, 2.45) is 17.8 Å². The zero-order valence-electron chi connectivity index (χ0n) is 35.1. The molecule has 4 aliphatic rings. The summed E-state index contributed by atoms with van der Waals surface area (Å²) in [5.74, 6) is -3.31. The van der Waals surface area contributed by atoms with Crippen LogP contribution in [0.4, 0.5) is 28.3 Å². The summed E-state index contributed by atoms with van der Waals surface area (Å²) in [7, 11) is 0.453. The Kier molecular flexibility index (Phi) is 12.5. The van der Waals surface area contributed by atoms with Crippen LogP contribution in [0.5, 0.6) is 11.6 Å². The average molecular weight is 884 g/mol. The van der Waals surface area contributed by atoms with Gasteiger partial charge in [-0.2, -0.15) is 18.2 Å². The van der Waals surface area contributed by atoms with Gasteiger partial charge in [0.05, 0.1) is 24.6 Å². The number of nitrogens with zero attached hydrogens (tertiary/aromatic N) is 4. The minimum absolute atomic E-state index is 0.00110. The van der Waals surface area contributed by atoms with Crippen molar-refractivity contribution >= 4 is 50.7 Å². The molecule has 3 heterocycles. The van der Waals surface area contributed by atoms with Gasteiger partial charge in [-0.3, -0.25) is 19.1 Å². The predicted octanol–water partition coefficient (Wildman–Crippen LogP) is 4.32. The van der Waals surface area contributed by atoms with Crippen LogP contribution in [-0.4, -0.2) is 122 Å². The van der Waals surface area contributed by atoms with Crippen molar-refractivity contribution in [3.8, 4) is 11.6 Å². The van der Waals surface area contributed by atoms with Gasteiger partial charge in [0.25, 0.3) is 5.91 Å². The Balaban J connectivity index is 1.38. The van der Waals surface area contributed by atoms with E-state index >= 15 is 0 Å². The summed E-state index contributed by atoms with van der Waals surface area (Å²) in [5, 5.41) is 5.55. The van der Waals surface area contributed by atoms with E-state index in [0.29, 0.717) is 49.8 Å². The number of carbonyl (C=O) groups excluding carboxylic acids is 4. The van der Waals surface area contributed by atoms with Crippen LogP contribution in [0, 0.1) is 17.8 Å². The highest BCUT2D eigenvalue weighted by atomic mass is 32.2. The number of amides is 4. The fraction of sp³-hybridized carbons (Fsp3) is 0.650. The van der Waals surface area contributed by atoms with Crippen molar-refractivity contribution in [2.75, 3.05) is 39.3 Å². The molecule has 2 saturated carbocycles. The van der Waals surface area contributed by atoms with Gasteiger partial charge in [-0.05, 0) is 76.3 Å². The molecule has 3 fully saturated rings. The van der Waals surface area contributed by atoms with E-state index in [0.717, 1.165) is 4.90 Å². The van der Waals surface area contributed by atoms with E-state index in [2.05, 4.69) is 20.6 Å². The van der Waals surface area contributed by atoms with Gasteiger partial charge in [0, 0.05) is 32.5 Å². The largest absolute Gasteiger partial charge is 0.497 e. The number of fused-ring (bicyclic) bond motifs is 3. The lowest BCUT2D eigenvalue weighted by Gasteiger charge is -2.34. The van der Waals surface area contributed by atoms with Crippen LogP contribution in [-0.2, 0) is 29.1 Å². The molecular formula is C40H53F4N7O9S. The fourth-order valence-corrected chi connectivity index (χ4v) is 9.27. The maximum atomic E-state index is 14.8. The van der Waals surface area contributed by atoms with Crippen LogP contribution in [0.15, 0.2) is 30.4 Å². The summed E-state index contributed by atoms with van der Waals surface area (Å²) in [4.78, 5) is 68.5. The van der Waals surface area contributed by atoms with Gasteiger partial charge in [0.15, 0.2) is 0 Å². The van der Waals surface area contributed by atoms with Crippen LogP contribution in [0.3, 0.4) is 0 Å². The summed E-state index contributed by atoms with van der Waals surface area (Å²) >= 11 is 0. The molecule has 2 aromatic rings. The van der Waals surface area contributed by atoms with Crippen LogP contribution < -0.4 is 29.7 Å². The van der Waals surface area contributed by atoms with Crippen molar-refractivity contribution in [3.63, 3.8) is 0 Å². The SMILES string of the molecule is COc1ccc2c(O[C@@H]3C[C@H]4C(=O)N[C@]5(C(=O)NS(=O)(=O)C6(CF)CC6)C[C@H]5C=CCC[C@@H](C)C[C@@H](C)[C@H](NC(=O)OC(C)(C)C(F)(F)F)C(=O)N4C3)nc(N(C)C)nc2c1. The third-order valence-corrected chi connectivity index (χ3v) is 14.2. The predicted molar refractivity (Wildman–Crippen MR) is 214 cm³/mol. The summed E-state index contributed by atoms with van der Waals surface area (Å²) in [6, 6.07) is 2.12. The van der Waals surface area contributed by atoms with Gasteiger partial charge in [0.2, 0.25) is 39.3 Å². The van der Waals surface area contributed by atoms with Gasteiger partial charge >= 0.3 is 12.3 Å². The Morgan fingerprint density at radius 1 is 1.10 bits per heavy atom. The Labute approximate surface area is 351 Å². The van der Waals surface area contributed by atoms with E-state index in [9.17, 15) is 45.2 Å². The Morgan fingerprint density at radius 2 is 1.80 bits per heavy atom. The van der Waals surface area contributed by atoms with E-state index < -0.39 is 92.6 Å². The molecule has 1 aromatic carbocycles. The molecule has 7 atom stereocenters. The monoisotopic (exact) mass is 883 g/mol. The first-order valence-electron chi connectivity index (χ1n) is 20.1. The van der Waals surface area contributed by atoms with Gasteiger partial charge < -0.3 is 34.6 Å². The number of allylic oxidation sites excluding steroid dienone is 1. The number of alkyl carbamates (subject to hydrolysis) is 1. The number of halogens is 4. The van der Waals surface area contributed by atoms with E-state index in [1.165, 1.54) is 7.11 Å². The second-order valence-electron chi connectivity index (χ2n) is 17.5. The molecule has 21 heteroatoms. The number of aromatic nitrogens is 2. The van der Waals surface area contributed by atoms with Gasteiger partial charge in [-0.1, -0.05) is 26.0 Å². The van der Waals surface area contributed by atoms with Crippen molar-refractivity contribution in [2.45, 2.75) is 113 Å². The molecule has 0 spiro atoms. The molecule has 6 rings (SSSR count). The lowest BCUT2D eigenvalue weighted by atomic mass is 9.88. The van der Waals surface area contributed by atoms with E-state index in [4.69, 9.17) is 14.2 Å². The highest BCUT2D eigenvalue weighted by Gasteiger charge is 2.64. The summed E-state index contributed by atoms with van der Waals surface area (Å²) in [6.07, 6.45) is -2.66. The maximum absolute atomic E-state index is 14.8. The number of alkyl halides is 4. The lowest BCUT2D eigenvalue weighted by Crippen LogP contribution is -2.60. The summed E-state index contributed by atoms with van der Waals surface area (Å²) in [6.45, 7) is 3.43. The summed E-state index contributed by atoms with van der Waals surface area (Å²) in [5.41, 5.74) is -4.24. The quantitative estimate of drug-likeness (QED) is 0.226. The number of rotatable bonds is 10. The topological polar surface area (TPSA) is 198 Å². The van der Waals surface area contributed by atoms with Gasteiger partial charge in [-0.15, -0.1) is 0 Å². The van der Waals surface area contributed by atoms with E-state index in [1.54, 1.807) is 56.3 Å². The summed E-state index contributed by atoms with van der Waals surface area (Å²) < 4.78 is 98.6. The molecule has 16 nitrogen and oxygen atoms in total. The minimum Gasteiger partial charge on any atom is -0.497 e. The Bertz CT molecular complexity index is 2190. The third-order valence-electron chi connectivity index (χ3n) is 12.1. The molecule has 0 bridgehead atoms. The molecule has 2 aliphatic carbocycles. The second kappa shape index (κ2) is 16.7. The second-order valence-corrected chi connectivity index (χ2v) is 19.5. The number of hydrogen-bond donors (Lipinski definition) is 3. The minimum atomic E-state index is -4.94. The maximum Gasteiger partial charge on any atom is 0.427 e. The molecular weight excluding hydrogens is 831 g/mol. The molecule has 0 radical (unpaired) electrons. The number of carbonyl (C=O) groups is 4. The van der Waals surface area contributed by atoms with Crippen molar-refractivity contribution in [1.82, 2.24) is 30.2 Å². The molecule has 61 heavy (non-hydrogen) atoms. The highest BCUT2D eigenvalue weighted by Crippen LogP contribution is 2.48. The molecule has 4 amide bonds. The van der Waals surface area contributed by atoms with E-state index in [1.807, 2.05) is 11.6 Å². The van der Waals surface area contributed by atoms with Gasteiger partial charge in [0.1, 0.15) is 40.9 Å². The highest BCUT2D eigenvalue weighted by molar-refractivity contribution is 7.91. The molecule has 1 saturated heterocycles. The molecule has 2 aliphatic heterocycles. The molecule has 3 N–H and O–H groups in total.